The third kappa shape index (κ3) is 2.50. The molecule has 0 aromatic heterocycles. The van der Waals surface area contributed by atoms with Crippen LogP contribution in [0.4, 0.5) is 4.39 Å². The molecular formula is C12H16FNO3. The Morgan fingerprint density at radius 3 is 2.65 bits per heavy atom. The molecule has 0 radical (unpaired) electrons. The summed E-state index contributed by atoms with van der Waals surface area (Å²) in [5, 5.41) is 0. The number of halogens is 1. The van der Waals surface area contributed by atoms with Crippen molar-refractivity contribution >= 4 is 0 Å². The summed E-state index contributed by atoms with van der Waals surface area (Å²) in [6, 6.07) is 3.23. The lowest BCUT2D eigenvalue weighted by molar-refractivity contribution is -0.0510. The molecule has 0 saturated carbocycles. The third-order valence-corrected chi connectivity index (χ3v) is 2.77. The Labute approximate surface area is 99.5 Å². The van der Waals surface area contributed by atoms with E-state index in [1.165, 1.54) is 7.11 Å². The van der Waals surface area contributed by atoms with E-state index in [-0.39, 0.29) is 12.3 Å². The van der Waals surface area contributed by atoms with E-state index < -0.39 is 5.82 Å². The summed E-state index contributed by atoms with van der Waals surface area (Å²) >= 11 is 0. The smallest absolute Gasteiger partial charge is 0.173 e. The number of nitrogens with two attached hydrogens (primary N) is 1. The summed E-state index contributed by atoms with van der Waals surface area (Å²) in [5.41, 5.74) is 5.88. The van der Waals surface area contributed by atoms with Gasteiger partial charge in [0.2, 0.25) is 0 Å². The predicted molar refractivity (Wildman–Crippen MR) is 60.6 cm³/mol. The molecule has 0 unspecified atom stereocenters. The number of hydrogen-bond donors (Lipinski definition) is 1. The average Bonchev–Trinajstić information content (AvgIpc) is 2.27. The van der Waals surface area contributed by atoms with Crippen LogP contribution < -0.4 is 15.2 Å². The zero-order chi connectivity index (χ0) is 12.3. The van der Waals surface area contributed by atoms with Crippen LogP contribution in [0.25, 0.3) is 0 Å². The Bertz CT molecular complexity index is 394. The van der Waals surface area contributed by atoms with Gasteiger partial charge in [-0.2, -0.15) is 0 Å². The van der Waals surface area contributed by atoms with Gasteiger partial charge in [0.15, 0.2) is 11.6 Å². The van der Waals surface area contributed by atoms with Gasteiger partial charge < -0.3 is 19.9 Å². The Hall–Kier alpha value is -1.33. The van der Waals surface area contributed by atoms with E-state index in [2.05, 4.69) is 0 Å². The molecule has 0 amide bonds. The zero-order valence-corrected chi connectivity index (χ0v) is 9.74. The third-order valence-electron chi connectivity index (χ3n) is 2.77. The molecule has 2 N–H and O–H groups in total. The summed E-state index contributed by atoms with van der Waals surface area (Å²) < 4.78 is 29.3. The van der Waals surface area contributed by atoms with E-state index >= 15 is 0 Å². The highest BCUT2D eigenvalue weighted by Crippen LogP contribution is 2.29. The molecule has 0 spiro atoms. The fourth-order valence-electron chi connectivity index (χ4n) is 1.65. The minimum absolute atomic E-state index is 0.0829. The first-order valence-corrected chi connectivity index (χ1v) is 5.52. The van der Waals surface area contributed by atoms with E-state index in [4.69, 9.17) is 19.9 Å². The van der Waals surface area contributed by atoms with E-state index in [1.807, 2.05) is 0 Å². The molecule has 1 aromatic carbocycles. The first-order valence-electron chi connectivity index (χ1n) is 5.52. The van der Waals surface area contributed by atoms with Gasteiger partial charge in [0, 0.05) is 18.0 Å². The maximum Gasteiger partial charge on any atom is 0.173 e. The zero-order valence-electron chi connectivity index (χ0n) is 9.74. The van der Waals surface area contributed by atoms with Crippen LogP contribution in [0.1, 0.15) is 5.56 Å². The largest absolute Gasteiger partial charge is 0.494 e. The first kappa shape index (κ1) is 12.1. The minimum Gasteiger partial charge on any atom is -0.494 e. The fourth-order valence-corrected chi connectivity index (χ4v) is 1.65. The fraction of sp³-hybridized carbons (Fsp3) is 0.500. The van der Waals surface area contributed by atoms with E-state index in [9.17, 15) is 4.39 Å². The lowest BCUT2D eigenvalue weighted by atomic mass is 10.1. The van der Waals surface area contributed by atoms with Gasteiger partial charge in [0.05, 0.1) is 26.9 Å². The molecule has 1 heterocycles. The number of ether oxygens (including phenoxy) is 3. The minimum atomic E-state index is -0.447. The maximum absolute atomic E-state index is 13.8. The van der Waals surface area contributed by atoms with Gasteiger partial charge in [-0.25, -0.2) is 4.39 Å². The van der Waals surface area contributed by atoms with E-state index in [1.54, 1.807) is 12.1 Å². The van der Waals surface area contributed by atoms with Crippen LogP contribution in [0.2, 0.25) is 0 Å². The van der Waals surface area contributed by atoms with Crippen molar-refractivity contribution in [3.8, 4) is 11.5 Å². The quantitative estimate of drug-likeness (QED) is 0.844. The molecule has 17 heavy (non-hydrogen) atoms. The van der Waals surface area contributed by atoms with Crippen LogP contribution in [-0.2, 0) is 11.3 Å². The Kier molecular flexibility index (Phi) is 3.81. The lowest BCUT2D eigenvalue weighted by Crippen LogP contribution is -2.32. The number of benzene rings is 1. The Morgan fingerprint density at radius 2 is 2.12 bits per heavy atom. The molecule has 1 saturated heterocycles. The predicted octanol–water partition coefficient (Wildman–Crippen LogP) is 1.32. The van der Waals surface area contributed by atoms with E-state index in [0.717, 1.165) is 0 Å². The van der Waals surface area contributed by atoms with Crippen molar-refractivity contribution in [2.24, 2.45) is 11.7 Å². The van der Waals surface area contributed by atoms with Gasteiger partial charge in [0.1, 0.15) is 5.75 Å². The van der Waals surface area contributed by atoms with Crippen LogP contribution in [0.5, 0.6) is 11.5 Å². The molecular weight excluding hydrogens is 225 g/mol. The van der Waals surface area contributed by atoms with Crippen molar-refractivity contribution in [2.75, 3.05) is 26.9 Å². The van der Waals surface area contributed by atoms with Crippen LogP contribution in [0.15, 0.2) is 12.1 Å². The van der Waals surface area contributed by atoms with Crippen LogP contribution in [-0.4, -0.2) is 26.9 Å². The standard InChI is InChI=1S/C12H16FNO3/c1-15-11-3-2-10(9(4-14)12(11)13)17-7-8-5-16-6-8/h2-3,8H,4-7,14H2,1H3. The van der Waals surface area contributed by atoms with Crippen molar-refractivity contribution in [3.63, 3.8) is 0 Å². The van der Waals surface area contributed by atoms with Crippen molar-refractivity contribution in [1.29, 1.82) is 0 Å². The second-order valence-electron chi connectivity index (χ2n) is 3.98. The van der Waals surface area contributed by atoms with E-state index in [0.29, 0.717) is 37.1 Å². The van der Waals surface area contributed by atoms with Crippen molar-refractivity contribution in [1.82, 2.24) is 0 Å². The molecule has 94 valence electrons. The topological polar surface area (TPSA) is 53.7 Å². The second-order valence-corrected chi connectivity index (χ2v) is 3.98. The molecule has 4 nitrogen and oxygen atoms in total. The monoisotopic (exact) mass is 241 g/mol. The number of hydrogen-bond acceptors (Lipinski definition) is 4. The van der Waals surface area contributed by atoms with Gasteiger partial charge in [-0.15, -0.1) is 0 Å². The highest BCUT2D eigenvalue weighted by molar-refractivity contribution is 5.42. The molecule has 2 rings (SSSR count). The first-order chi connectivity index (χ1) is 8.26. The molecule has 0 aliphatic carbocycles. The summed E-state index contributed by atoms with van der Waals surface area (Å²) in [6.07, 6.45) is 0. The second kappa shape index (κ2) is 5.33. The Morgan fingerprint density at radius 1 is 1.41 bits per heavy atom. The highest BCUT2D eigenvalue weighted by Gasteiger charge is 2.20. The highest BCUT2D eigenvalue weighted by atomic mass is 19.1. The molecule has 1 aliphatic rings. The van der Waals surface area contributed by atoms with Gasteiger partial charge in [-0.1, -0.05) is 0 Å². The Balaban J connectivity index is 2.11. The normalized spacial score (nSPS) is 15.5. The van der Waals surface area contributed by atoms with Crippen LogP contribution in [0, 0.1) is 11.7 Å². The number of methoxy groups -OCH3 is 1. The molecule has 1 fully saturated rings. The van der Waals surface area contributed by atoms with Crippen molar-refractivity contribution in [2.45, 2.75) is 6.54 Å². The summed E-state index contributed by atoms with van der Waals surface area (Å²) in [5.74, 6) is 0.616. The lowest BCUT2D eigenvalue weighted by Gasteiger charge is -2.26. The average molecular weight is 241 g/mol. The number of rotatable bonds is 5. The van der Waals surface area contributed by atoms with Crippen molar-refractivity contribution < 1.29 is 18.6 Å². The molecule has 5 heteroatoms. The maximum atomic E-state index is 13.8. The van der Waals surface area contributed by atoms with Gasteiger partial charge in [0.25, 0.3) is 0 Å². The molecule has 0 atom stereocenters. The van der Waals surface area contributed by atoms with Gasteiger partial charge in [-0.05, 0) is 12.1 Å². The van der Waals surface area contributed by atoms with Crippen LogP contribution in [0.3, 0.4) is 0 Å². The summed E-state index contributed by atoms with van der Waals surface area (Å²) in [4.78, 5) is 0. The molecule has 1 aromatic rings. The SMILES string of the molecule is COc1ccc(OCC2COC2)c(CN)c1F. The molecule has 1 aliphatic heterocycles. The van der Waals surface area contributed by atoms with Crippen molar-refractivity contribution in [3.05, 3.63) is 23.5 Å². The summed E-state index contributed by atoms with van der Waals surface area (Å²) in [7, 11) is 1.42. The van der Waals surface area contributed by atoms with Gasteiger partial charge >= 0.3 is 0 Å². The summed E-state index contributed by atoms with van der Waals surface area (Å²) in [6.45, 7) is 2.02. The molecule has 0 bridgehead atoms. The van der Waals surface area contributed by atoms with Gasteiger partial charge in [-0.3, -0.25) is 0 Å². The van der Waals surface area contributed by atoms with Crippen LogP contribution >= 0.6 is 0 Å².